The van der Waals surface area contributed by atoms with Crippen molar-refractivity contribution in [1.29, 1.82) is 0 Å². The van der Waals surface area contributed by atoms with Gasteiger partial charge in [0, 0.05) is 23.7 Å². The van der Waals surface area contributed by atoms with E-state index >= 15 is 0 Å². The van der Waals surface area contributed by atoms with Crippen LogP contribution in [0.2, 0.25) is 0 Å². The molecule has 0 amide bonds. The molecule has 2 aromatic carbocycles. The topological polar surface area (TPSA) is 34.1 Å². The molecule has 0 spiro atoms. The van der Waals surface area contributed by atoms with Gasteiger partial charge in [0.25, 0.3) is 0 Å². The molecule has 4 rings (SSSR count). The number of benzene rings is 2. The van der Waals surface area contributed by atoms with E-state index in [4.69, 9.17) is 0 Å². The lowest BCUT2D eigenvalue weighted by atomic mass is 9.67. The van der Waals surface area contributed by atoms with Gasteiger partial charge in [-0.3, -0.25) is 9.59 Å². The molecular weight excluding hydrogens is 368 g/mol. The van der Waals surface area contributed by atoms with Crippen molar-refractivity contribution in [1.82, 2.24) is 0 Å². The molecule has 0 aromatic heterocycles. The van der Waals surface area contributed by atoms with Crippen molar-refractivity contribution >= 4 is 11.6 Å². The number of allylic oxidation sites excluding steroid dienone is 2. The fraction of sp³-hybridized carbons (Fsp3) is 0.429. The number of aryl methyl sites for hydroxylation is 1. The number of hydrogen-bond donors (Lipinski definition) is 0. The summed E-state index contributed by atoms with van der Waals surface area (Å²) in [5.41, 5.74) is 7.62. The predicted octanol–water partition coefficient (Wildman–Crippen LogP) is 6.12. The van der Waals surface area contributed by atoms with Gasteiger partial charge < -0.3 is 0 Å². The van der Waals surface area contributed by atoms with E-state index in [0.717, 1.165) is 12.0 Å². The van der Waals surface area contributed by atoms with Gasteiger partial charge >= 0.3 is 0 Å². The summed E-state index contributed by atoms with van der Waals surface area (Å²) in [4.78, 5) is 24.5. The average molecular weight is 401 g/mol. The first-order valence-corrected chi connectivity index (χ1v) is 11.1. The molecule has 2 aliphatic carbocycles. The Morgan fingerprint density at radius 1 is 0.833 bits per heavy atom. The molecule has 0 radical (unpaired) electrons. The highest BCUT2D eigenvalue weighted by atomic mass is 16.2. The molecule has 30 heavy (non-hydrogen) atoms. The van der Waals surface area contributed by atoms with Crippen LogP contribution in [-0.4, -0.2) is 11.6 Å². The monoisotopic (exact) mass is 400 g/mol. The zero-order valence-electron chi connectivity index (χ0n) is 18.8. The Hall–Kier alpha value is -2.48. The van der Waals surface area contributed by atoms with Crippen LogP contribution >= 0.6 is 0 Å². The summed E-state index contributed by atoms with van der Waals surface area (Å²) in [6.07, 6.45) is 7.26. The van der Waals surface area contributed by atoms with E-state index < -0.39 is 5.92 Å². The molecule has 2 aromatic rings. The molecule has 0 heterocycles. The summed E-state index contributed by atoms with van der Waals surface area (Å²) >= 11 is 0. The summed E-state index contributed by atoms with van der Waals surface area (Å²) in [7, 11) is 0. The van der Waals surface area contributed by atoms with Crippen molar-refractivity contribution in [2.45, 2.75) is 77.0 Å². The Morgan fingerprint density at radius 2 is 1.37 bits per heavy atom. The molecule has 2 nitrogen and oxygen atoms in total. The first kappa shape index (κ1) is 20.8. The summed E-state index contributed by atoms with van der Waals surface area (Å²) in [6.45, 7) is 11.3. The maximum atomic E-state index is 12.2. The number of ketones is 2. The first-order valence-electron chi connectivity index (χ1n) is 11.1. The van der Waals surface area contributed by atoms with Crippen molar-refractivity contribution < 1.29 is 9.59 Å². The zero-order chi connectivity index (χ0) is 21.7. The SMILES string of the molecule is Cc1cc2c(cc1Cc1ccc(C3C(=O)CCCC3=O)cc1)C(C)(C)C=CC2(C)C. The minimum absolute atomic E-state index is 0.0267. The Bertz CT molecular complexity index is 1020. The van der Waals surface area contributed by atoms with Gasteiger partial charge in [-0.1, -0.05) is 76.2 Å². The van der Waals surface area contributed by atoms with Crippen molar-refractivity contribution in [3.63, 3.8) is 0 Å². The van der Waals surface area contributed by atoms with Gasteiger partial charge in [-0.25, -0.2) is 0 Å². The highest BCUT2D eigenvalue weighted by Crippen LogP contribution is 2.42. The molecule has 0 bridgehead atoms. The second kappa shape index (κ2) is 7.34. The first-order chi connectivity index (χ1) is 14.1. The van der Waals surface area contributed by atoms with E-state index in [-0.39, 0.29) is 22.4 Å². The molecule has 0 saturated heterocycles. The maximum absolute atomic E-state index is 12.2. The summed E-state index contributed by atoms with van der Waals surface area (Å²) in [6, 6.07) is 12.9. The fourth-order valence-electron chi connectivity index (χ4n) is 4.93. The third-order valence-corrected chi connectivity index (χ3v) is 6.98. The molecule has 1 saturated carbocycles. The lowest BCUT2D eigenvalue weighted by Gasteiger charge is -2.37. The van der Waals surface area contributed by atoms with Gasteiger partial charge in [0.05, 0.1) is 0 Å². The molecule has 2 heteroatoms. The molecular formula is C28H32O2. The van der Waals surface area contributed by atoms with Crippen LogP contribution in [0.15, 0.2) is 48.6 Å². The third-order valence-electron chi connectivity index (χ3n) is 6.98. The van der Waals surface area contributed by atoms with Crippen molar-refractivity contribution in [2.75, 3.05) is 0 Å². The molecule has 0 atom stereocenters. The Morgan fingerprint density at radius 3 is 1.93 bits per heavy atom. The van der Waals surface area contributed by atoms with Crippen molar-refractivity contribution in [2.24, 2.45) is 0 Å². The molecule has 0 unspecified atom stereocenters. The van der Waals surface area contributed by atoms with Crippen LogP contribution in [0.25, 0.3) is 0 Å². The minimum atomic E-state index is -0.548. The fourth-order valence-corrected chi connectivity index (χ4v) is 4.93. The Kier molecular flexibility index (Phi) is 5.08. The minimum Gasteiger partial charge on any atom is -0.299 e. The van der Waals surface area contributed by atoms with Gasteiger partial charge in [-0.05, 0) is 53.1 Å². The number of hydrogen-bond acceptors (Lipinski definition) is 2. The van der Waals surface area contributed by atoms with Crippen LogP contribution < -0.4 is 0 Å². The largest absolute Gasteiger partial charge is 0.299 e. The van der Waals surface area contributed by atoms with E-state index in [0.29, 0.717) is 19.3 Å². The van der Waals surface area contributed by atoms with Crippen LogP contribution in [0.5, 0.6) is 0 Å². The number of carbonyl (C=O) groups is 2. The van der Waals surface area contributed by atoms with E-state index in [1.807, 2.05) is 12.1 Å². The highest BCUT2D eigenvalue weighted by molar-refractivity contribution is 6.09. The van der Waals surface area contributed by atoms with Crippen LogP contribution in [0.3, 0.4) is 0 Å². The molecule has 2 aliphatic rings. The Labute approximate surface area is 180 Å². The quantitative estimate of drug-likeness (QED) is 0.460. The smallest absolute Gasteiger partial charge is 0.147 e. The summed E-state index contributed by atoms with van der Waals surface area (Å²) in [5.74, 6) is -0.405. The summed E-state index contributed by atoms with van der Waals surface area (Å²) in [5, 5.41) is 0. The molecule has 1 fully saturated rings. The lowest BCUT2D eigenvalue weighted by molar-refractivity contribution is -0.131. The average Bonchev–Trinajstić information content (AvgIpc) is 2.68. The standard InChI is InChI=1S/C28H32O2/c1-18-15-22-23(28(4,5)14-13-27(22,2)3)17-21(18)16-19-9-11-20(12-10-19)26-24(29)7-6-8-25(26)30/h9-15,17,26H,6-8,16H2,1-5H3. The van der Waals surface area contributed by atoms with Crippen LogP contribution in [0.1, 0.15) is 86.3 Å². The number of fused-ring (bicyclic) bond motifs is 1. The molecule has 156 valence electrons. The second-order valence-corrected chi connectivity index (χ2v) is 10.2. The van der Waals surface area contributed by atoms with Crippen LogP contribution in [0, 0.1) is 6.92 Å². The second-order valence-electron chi connectivity index (χ2n) is 10.2. The van der Waals surface area contributed by atoms with E-state index in [1.54, 1.807) is 0 Å². The predicted molar refractivity (Wildman–Crippen MR) is 122 cm³/mol. The van der Waals surface area contributed by atoms with Gasteiger partial charge in [0.2, 0.25) is 0 Å². The van der Waals surface area contributed by atoms with Gasteiger partial charge in [0.1, 0.15) is 17.5 Å². The lowest BCUT2D eigenvalue weighted by Crippen LogP contribution is -2.29. The van der Waals surface area contributed by atoms with Gasteiger partial charge in [0.15, 0.2) is 0 Å². The van der Waals surface area contributed by atoms with Crippen molar-refractivity contribution in [3.05, 3.63) is 81.9 Å². The van der Waals surface area contributed by atoms with E-state index in [9.17, 15) is 9.59 Å². The molecule has 0 N–H and O–H groups in total. The van der Waals surface area contributed by atoms with E-state index in [1.165, 1.54) is 27.8 Å². The normalized spacial score (nSPS) is 20.3. The zero-order valence-corrected chi connectivity index (χ0v) is 18.8. The third kappa shape index (κ3) is 3.69. The van der Waals surface area contributed by atoms with E-state index in [2.05, 4.69) is 71.0 Å². The number of carbonyl (C=O) groups excluding carboxylic acids is 2. The highest BCUT2D eigenvalue weighted by Gasteiger charge is 2.33. The van der Waals surface area contributed by atoms with Gasteiger partial charge in [-0.15, -0.1) is 0 Å². The van der Waals surface area contributed by atoms with Gasteiger partial charge in [-0.2, -0.15) is 0 Å². The summed E-state index contributed by atoms with van der Waals surface area (Å²) < 4.78 is 0. The molecule has 0 aliphatic heterocycles. The number of rotatable bonds is 3. The number of Topliss-reactive ketones (excluding diaryl/α,β-unsaturated/α-hetero) is 2. The Balaban J connectivity index is 1.63. The van der Waals surface area contributed by atoms with Crippen molar-refractivity contribution in [3.8, 4) is 0 Å². The maximum Gasteiger partial charge on any atom is 0.147 e. The van der Waals surface area contributed by atoms with Crippen LogP contribution in [0.4, 0.5) is 0 Å². The van der Waals surface area contributed by atoms with Crippen LogP contribution in [-0.2, 0) is 26.8 Å².